The number of sulfonamides is 1. The van der Waals surface area contributed by atoms with Crippen molar-refractivity contribution in [2.45, 2.75) is 24.8 Å². The Labute approximate surface area is 184 Å². The molecule has 1 amide bonds. The van der Waals surface area contributed by atoms with Gasteiger partial charge in [0.05, 0.1) is 29.2 Å². The molecule has 0 unspecified atom stereocenters. The van der Waals surface area contributed by atoms with Crippen LogP contribution in [0, 0.1) is 6.92 Å². The minimum Gasteiger partial charge on any atom is -0.325 e. The average molecular weight is 450 g/mol. The van der Waals surface area contributed by atoms with Crippen molar-refractivity contribution in [3.8, 4) is 0 Å². The Balaban J connectivity index is 1.35. The molecule has 0 bridgehead atoms. The zero-order valence-electron chi connectivity index (χ0n) is 16.7. The van der Waals surface area contributed by atoms with E-state index in [4.69, 9.17) is 0 Å². The molecule has 0 radical (unpaired) electrons. The number of anilines is 2. The van der Waals surface area contributed by atoms with Crippen molar-refractivity contribution in [1.29, 1.82) is 0 Å². The van der Waals surface area contributed by atoms with Crippen molar-refractivity contribution >= 4 is 49.4 Å². The van der Waals surface area contributed by atoms with Crippen LogP contribution in [0.3, 0.4) is 0 Å². The lowest BCUT2D eigenvalue weighted by Crippen LogP contribution is -2.26. The molecule has 156 valence electrons. The maximum absolute atomic E-state index is 13.1. The van der Waals surface area contributed by atoms with E-state index >= 15 is 0 Å². The van der Waals surface area contributed by atoms with Gasteiger partial charge in [-0.1, -0.05) is 42.5 Å². The quantitative estimate of drug-likeness (QED) is 0.487. The van der Waals surface area contributed by atoms with Crippen molar-refractivity contribution in [3.05, 3.63) is 82.3 Å². The number of nitrogens with zero attached hydrogens (tertiary/aromatic N) is 2. The van der Waals surface area contributed by atoms with Crippen molar-refractivity contribution in [3.63, 3.8) is 0 Å². The van der Waals surface area contributed by atoms with Gasteiger partial charge in [0.25, 0.3) is 10.0 Å². The summed E-state index contributed by atoms with van der Waals surface area (Å²) in [5.41, 5.74) is 3.05. The second kappa shape index (κ2) is 7.47. The number of aryl methyl sites for hydroxylation is 1. The van der Waals surface area contributed by atoms with Crippen molar-refractivity contribution in [2.24, 2.45) is 0 Å². The van der Waals surface area contributed by atoms with Gasteiger partial charge in [-0.25, -0.2) is 13.4 Å². The fourth-order valence-electron chi connectivity index (χ4n) is 3.82. The van der Waals surface area contributed by atoms with Crippen LogP contribution in [0.4, 0.5) is 11.4 Å². The summed E-state index contributed by atoms with van der Waals surface area (Å²) < 4.78 is 27.7. The van der Waals surface area contributed by atoms with Gasteiger partial charge < -0.3 is 5.32 Å². The van der Waals surface area contributed by atoms with Gasteiger partial charge in [0, 0.05) is 16.5 Å². The van der Waals surface area contributed by atoms with E-state index in [0.717, 1.165) is 22.0 Å². The van der Waals surface area contributed by atoms with Crippen LogP contribution in [0.1, 0.15) is 16.3 Å². The summed E-state index contributed by atoms with van der Waals surface area (Å²) in [6, 6.07) is 18.5. The highest BCUT2D eigenvalue weighted by atomic mass is 32.2. The van der Waals surface area contributed by atoms with Crippen molar-refractivity contribution in [1.82, 2.24) is 4.98 Å². The normalized spacial score (nSPS) is 14.2. The van der Waals surface area contributed by atoms with Crippen LogP contribution in [0.25, 0.3) is 10.8 Å². The molecule has 0 atom stereocenters. The van der Waals surface area contributed by atoms with Crippen LogP contribution in [0.15, 0.2) is 70.9 Å². The molecule has 1 aliphatic rings. The molecule has 6 nitrogen and oxygen atoms in total. The number of carbonyl (C=O) groups excluding carboxylic acids is 1. The molecule has 8 heteroatoms. The summed E-state index contributed by atoms with van der Waals surface area (Å²) in [6.07, 6.45) is 0.140. The molecule has 31 heavy (non-hydrogen) atoms. The van der Waals surface area contributed by atoms with Crippen LogP contribution in [0.5, 0.6) is 0 Å². The second-order valence-corrected chi connectivity index (χ2v) is 10.2. The van der Waals surface area contributed by atoms with E-state index in [0.29, 0.717) is 21.3 Å². The highest BCUT2D eigenvalue weighted by molar-refractivity contribution is 7.93. The van der Waals surface area contributed by atoms with E-state index in [2.05, 4.69) is 10.3 Å². The van der Waals surface area contributed by atoms with Gasteiger partial charge in [-0.3, -0.25) is 9.10 Å². The number of hydrogen-bond donors (Lipinski definition) is 1. The molecule has 0 aliphatic carbocycles. The fraction of sp³-hybridized carbons (Fsp3) is 0.130. The van der Waals surface area contributed by atoms with Crippen LogP contribution in [-0.4, -0.2) is 19.3 Å². The smallest absolute Gasteiger partial charge is 0.265 e. The van der Waals surface area contributed by atoms with E-state index in [1.165, 1.54) is 15.6 Å². The summed E-state index contributed by atoms with van der Waals surface area (Å²) in [5.74, 6) is -0.152. The van der Waals surface area contributed by atoms with Crippen LogP contribution >= 0.6 is 11.3 Å². The Morgan fingerprint density at radius 1 is 1.06 bits per heavy atom. The van der Waals surface area contributed by atoms with E-state index in [1.54, 1.807) is 12.1 Å². The lowest BCUT2D eigenvalue weighted by molar-refractivity contribution is -0.115. The number of nitrogens with one attached hydrogen (secondary N) is 1. The number of carbonyl (C=O) groups is 1. The topological polar surface area (TPSA) is 79.4 Å². The molecular formula is C23H19N3O3S2. The Kier molecular flexibility index (Phi) is 4.75. The van der Waals surface area contributed by atoms with Crippen LogP contribution in [-0.2, 0) is 27.8 Å². The van der Waals surface area contributed by atoms with Gasteiger partial charge in [-0.15, -0.1) is 11.3 Å². The molecule has 1 aliphatic heterocycles. The van der Waals surface area contributed by atoms with Gasteiger partial charge in [0.2, 0.25) is 5.91 Å². The summed E-state index contributed by atoms with van der Waals surface area (Å²) in [7, 11) is -3.64. The zero-order valence-corrected chi connectivity index (χ0v) is 18.3. The molecule has 4 aromatic rings. The minimum atomic E-state index is -3.64. The molecular weight excluding hydrogens is 430 g/mol. The van der Waals surface area contributed by atoms with Crippen LogP contribution in [0.2, 0.25) is 0 Å². The number of benzene rings is 3. The van der Waals surface area contributed by atoms with Gasteiger partial charge >= 0.3 is 0 Å². The highest BCUT2D eigenvalue weighted by Crippen LogP contribution is 2.42. The number of hydrogen-bond acceptors (Lipinski definition) is 5. The third-order valence-electron chi connectivity index (χ3n) is 5.32. The van der Waals surface area contributed by atoms with E-state index in [-0.39, 0.29) is 18.9 Å². The molecule has 0 spiro atoms. The number of thiazole rings is 1. The minimum absolute atomic E-state index is 0.131. The molecule has 1 aromatic heterocycles. The third kappa shape index (κ3) is 3.47. The van der Waals surface area contributed by atoms with E-state index in [1.807, 2.05) is 60.8 Å². The van der Waals surface area contributed by atoms with Crippen LogP contribution < -0.4 is 9.62 Å². The SMILES string of the molecule is Cc1ccccc1NC(=O)Cc1nc(CN2c3cccc4cccc(c34)S2(=O)=O)cs1. The molecule has 1 N–H and O–H groups in total. The predicted molar refractivity (Wildman–Crippen MR) is 123 cm³/mol. The third-order valence-corrected chi connectivity index (χ3v) is 8.02. The van der Waals surface area contributed by atoms with Gasteiger partial charge in [0.1, 0.15) is 5.01 Å². The Morgan fingerprint density at radius 2 is 1.84 bits per heavy atom. The highest BCUT2D eigenvalue weighted by Gasteiger charge is 2.35. The zero-order chi connectivity index (χ0) is 21.6. The summed E-state index contributed by atoms with van der Waals surface area (Å²) in [6.45, 7) is 2.07. The lowest BCUT2D eigenvalue weighted by Gasteiger charge is -2.17. The Bertz CT molecular complexity index is 1420. The molecule has 0 saturated carbocycles. The molecule has 5 rings (SSSR count). The first-order valence-corrected chi connectivity index (χ1v) is 12.1. The monoisotopic (exact) mass is 449 g/mol. The largest absolute Gasteiger partial charge is 0.325 e. The average Bonchev–Trinajstić information content (AvgIpc) is 3.27. The number of amides is 1. The first kappa shape index (κ1) is 19.7. The fourth-order valence-corrected chi connectivity index (χ4v) is 6.29. The van der Waals surface area contributed by atoms with E-state index < -0.39 is 10.0 Å². The standard InChI is InChI=1S/C23H19N3O3S2/c1-15-6-2-3-9-18(15)25-21(27)12-22-24-17(14-30-22)13-26-19-10-4-7-16-8-5-11-20(23(16)19)31(26,28)29/h2-11,14H,12-13H2,1H3,(H,25,27). The van der Waals surface area contributed by atoms with Gasteiger partial charge in [-0.05, 0) is 36.1 Å². The van der Waals surface area contributed by atoms with Crippen molar-refractivity contribution < 1.29 is 13.2 Å². The summed E-state index contributed by atoms with van der Waals surface area (Å²) in [4.78, 5) is 17.3. The first-order chi connectivity index (χ1) is 14.9. The number of rotatable bonds is 5. The van der Waals surface area contributed by atoms with Gasteiger partial charge in [-0.2, -0.15) is 0 Å². The number of para-hydroxylation sites is 1. The van der Waals surface area contributed by atoms with E-state index in [9.17, 15) is 13.2 Å². The number of aromatic nitrogens is 1. The maximum atomic E-state index is 13.1. The Hall–Kier alpha value is -3.23. The lowest BCUT2D eigenvalue weighted by atomic mass is 10.1. The Morgan fingerprint density at radius 3 is 2.65 bits per heavy atom. The first-order valence-electron chi connectivity index (χ1n) is 9.77. The summed E-state index contributed by atoms with van der Waals surface area (Å²) in [5, 5.41) is 7.01. The summed E-state index contributed by atoms with van der Waals surface area (Å²) >= 11 is 1.36. The molecule has 0 fully saturated rings. The molecule has 2 heterocycles. The second-order valence-electron chi connectivity index (χ2n) is 7.42. The predicted octanol–water partition coefficient (Wildman–Crippen LogP) is 4.49. The van der Waals surface area contributed by atoms with Crippen molar-refractivity contribution in [2.75, 3.05) is 9.62 Å². The maximum Gasteiger partial charge on any atom is 0.265 e. The molecule has 3 aromatic carbocycles. The van der Waals surface area contributed by atoms with Gasteiger partial charge in [0.15, 0.2) is 0 Å². The molecule has 0 saturated heterocycles.